The number of pyridine rings is 1. The summed E-state index contributed by atoms with van der Waals surface area (Å²) in [6.07, 6.45) is 6.29. The molecule has 2 aromatic rings. The van der Waals surface area contributed by atoms with E-state index in [0.717, 1.165) is 16.1 Å². The molecule has 2 aliphatic rings. The summed E-state index contributed by atoms with van der Waals surface area (Å²) in [4.78, 5) is 4.13. The Bertz CT molecular complexity index is 656. The third kappa shape index (κ3) is 1.80. The minimum atomic E-state index is 0.670. The molecule has 1 aromatic carbocycles. The van der Waals surface area contributed by atoms with E-state index in [1.54, 1.807) is 7.11 Å². The Morgan fingerprint density at radius 1 is 1.20 bits per heavy atom. The second-order valence-electron chi connectivity index (χ2n) is 5.72. The van der Waals surface area contributed by atoms with Crippen LogP contribution in [0.4, 0.5) is 0 Å². The van der Waals surface area contributed by atoms with Crippen LogP contribution in [0, 0.1) is 5.92 Å². The molecule has 2 aliphatic carbocycles. The van der Waals surface area contributed by atoms with Crippen LogP contribution in [0.25, 0.3) is 0 Å². The second-order valence-corrected chi connectivity index (χ2v) is 6.57. The normalized spacial score (nSPS) is 26.6. The van der Waals surface area contributed by atoms with Gasteiger partial charge in [-0.3, -0.25) is 4.98 Å². The van der Waals surface area contributed by atoms with Crippen LogP contribution >= 0.6 is 15.9 Å². The van der Waals surface area contributed by atoms with Crippen LogP contribution in [0.15, 0.2) is 41.1 Å². The first kappa shape index (κ1) is 12.4. The van der Waals surface area contributed by atoms with Gasteiger partial charge in [-0.1, -0.05) is 0 Å². The molecule has 3 heteroatoms. The van der Waals surface area contributed by atoms with Crippen molar-refractivity contribution in [2.75, 3.05) is 7.11 Å². The van der Waals surface area contributed by atoms with Crippen LogP contribution < -0.4 is 4.74 Å². The smallest absolute Gasteiger partial charge is 0.133 e. The molecule has 1 aromatic heterocycles. The number of hydrogen-bond donors (Lipinski definition) is 0. The molecule has 0 spiro atoms. The van der Waals surface area contributed by atoms with Crippen LogP contribution in [0.3, 0.4) is 0 Å². The quantitative estimate of drug-likeness (QED) is 0.819. The molecular formula is C17H16BrNO. The van der Waals surface area contributed by atoms with E-state index in [9.17, 15) is 0 Å². The van der Waals surface area contributed by atoms with Gasteiger partial charge in [0.05, 0.1) is 11.6 Å². The van der Waals surface area contributed by atoms with Gasteiger partial charge in [-0.25, -0.2) is 0 Å². The third-order valence-electron chi connectivity index (χ3n) is 4.78. The monoisotopic (exact) mass is 329 g/mol. The fraction of sp³-hybridized carbons (Fsp3) is 0.353. The first-order valence-electron chi connectivity index (χ1n) is 7.06. The maximum Gasteiger partial charge on any atom is 0.133 e. The van der Waals surface area contributed by atoms with Crippen LogP contribution in [0.2, 0.25) is 0 Å². The van der Waals surface area contributed by atoms with Crippen molar-refractivity contribution in [2.45, 2.75) is 24.7 Å². The first-order chi connectivity index (χ1) is 9.79. The van der Waals surface area contributed by atoms with E-state index in [4.69, 9.17) is 4.74 Å². The van der Waals surface area contributed by atoms with Gasteiger partial charge in [-0.2, -0.15) is 0 Å². The van der Waals surface area contributed by atoms with Crippen LogP contribution in [0.1, 0.15) is 34.9 Å². The highest BCUT2D eigenvalue weighted by Gasteiger charge is 2.53. The van der Waals surface area contributed by atoms with Crippen molar-refractivity contribution in [3.8, 4) is 5.75 Å². The number of halogens is 1. The van der Waals surface area contributed by atoms with E-state index in [0.29, 0.717) is 11.8 Å². The van der Waals surface area contributed by atoms with Gasteiger partial charge in [-0.15, -0.1) is 0 Å². The van der Waals surface area contributed by atoms with Crippen molar-refractivity contribution < 1.29 is 4.74 Å². The lowest BCUT2D eigenvalue weighted by atomic mass is 9.91. The second kappa shape index (κ2) is 4.59. The predicted octanol–water partition coefficient (Wildman–Crippen LogP) is 4.30. The lowest BCUT2D eigenvalue weighted by Crippen LogP contribution is -2.02. The summed E-state index contributed by atoms with van der Waals surface area (Å²) in [5.41, 5.74) is 4.41. The Kier molecular flexibility index (Phi) is 2.84. The van der Waals surface area contributed by atoms with Crippen molar-refractivity contribution in [3.63, 3.8) is 0 Å². The molecule has 2 nitrogen and oxygen atoms in total. The summed E-state index contributed by atoms with van der Waals surface area (Å²) in [7, 11) is 1.74. The van der Waals surface area contributed by atoms with Crippen LogP contribution in [-0.4, -0.2) is 12.1 Å². The zero-order chi connectivity index (χ0) is 13.7. The molecule has 20 heavy (non-hydrogen) atoms. The number of ether oxygens (including phenoxy) is 1. The molecule has 102 valence electrons. The van der Waals surface area contributed by atoms with Gasteiger partial charge in [0.2, 0.25) is 0 Å². The van der Waals surface area contributed by atoms with Gasteiger partial charge < -0.3 is 4.74 Å². The van der Waals surface area contributed by atoms with Crippen molar-refractivity contribution in [1.29, 1.82) is 0 Å². The standard InChI is InChI=1S/C17H16BrNO/c1-20-15-9-13-11(8-14(15)18)2-3-12-16(17(12)13)10-4-6-19-7-5-10/h4-9,12,16-17H,2-3H2,1H3/t12-,16-,17+/m1/s1. The van der Waals surface area contributed by atoms with Crippen molar-refractivity contribution >= 4 is 15.9 Å². The molecule has 0 radical (unpaired) electrons. The molecule has 0 saturated heterocycles. The average molecular weight is 330 g/mol. The van der Waals surface area contributed by atoms with Gasteiger partial charge in [0.25, 0.3) is 0 Å². The highest BCUT2D eigenvalue weighted by Crippen LogP contribution is 2.65. The number of fused-ring (bicyclic) bond motifs is 3. The predicted molar refractivity (Wildman–Crippen MR) is 82.2 cm³/mol. The number of nitrogens with zero attached hydrogens (tertiary/aromatic N) is 1. The summed E-state index contributed by atoms with van der Waals surface area (Å²) >= 11 is 3.60. The fourth-order valence-electron chi connectivity index (χ4n) is 3.81. The number of hydrogen-bond acceptors (Lipinski definition) is 2. The number of aryl methyl sites for hydroxylation is 1. The molecule has 0 amide bonds. The Morgan fingerprint density at radius 2 is 2.00 bits per heavy atom. The molecule has 3 atom stereocenters. The van der Waals surface area contributed by atoms with E-state index in [-0.39, 0.29) is 0 Å². The summed E-state index contributed by atoms with van der Waals surface area (Å²) < 4.78 is 6.53. The maximum absolute atomic E-state index is 5.46. The Labute approximate surface area is 127 Å². The molecule has 0 bridgehead atoms. The van der Waals surface area contributed by atoms with Crippen molar-refractivity contribution in [1.82, 2.24) is 4.98 Å². The molecule has 0 N–H and O–H groups in total. The summed E-state index contributed by atoms with van der Waals surface area (Å²) in [5.74, 6) is 3.09. The first-order valence-corrected chi connectivity index (χ1v) is 7.85. The van der Waals surface area contributed by atoms with E-state index < -0.39 is 0 Å². The van der Waals surface area contributed by atoms with Crippen molar-refractivity contribution in [3.05, 3.63) is 57.8 Å². The SMILES string of the molecule is COc1cc2c(cc1Br)CC[C@@H]1[C@@H](c3ccncc3)[C@H]21. The number of methoxy groups -OCH3 is 1. The minimum Gasteiger partial charge on any atom is -0.496 e. The Morgan fingerprint density at radius 3 is 2.75 bits per heavy atom. The third-order valence-corrected chi connectivity index (χ3v) is 5.40. The van der Waals surface area contributed by atoms with Gasteiger partial charge >= 0.3 is 0 Å². The van der Waals surface area contributed by atoms with E-state index in [1.165, 1.54) is 29.5 Å². The lowest BCUT2D eigenvalue weighted by Gasteiger charge is -2.16. The zero-order valence-electron chi connectivity index (χ0n) is 11.3. The summed E-state index contributed by atoms with van der Waals surface area (Å²) in [6, 6.07) is 8.81. The highest BCUT2D eigenvalue weighted by atomic mass is 79.9. The molecule has 4 rings (SSSR count). The Balaban J connectivity index is 1.74. The number of rotatable bonds is 2. The van der Waals surface area contributed by atoms with Gasteiger partial charge in [0.1, 0.15) is 5.75 Å². The van der Waals surface area contributed by atoms with Crippen LogP contribution in [0.5, 0.6) is 5.75 Å². The topological polar surface area (TPSA) is 22.1 Å². The molecule has 1 heterocycles. The van der Waals surface area contributed by atoms with Crippen LogP contribution in [-0.2, 0) is 6.42 Å². The minimum absolute atomic E-state index is 0.670. The van der Waals surface area contributed by atoms with Gasteiger partial charge in [0, 0.05) is 12.4 Å². The van der Waals surface area contributed by atoms with Gasteiger partial charge in [-0.05, 0) is 87.5 Å². The zero-order valence-corrected chi connectivity index (χ0v) is 12.9. The molecule has 0 unspecified atom stereocenters. The number of aromatic nitrogens is 1. The number of benzene rings is 1. The molecule has 1 saturated carbocycles. The summed E-state index contributed by atoms with van der Waals surface area (Å²) in [6.45, 7) is 0. The van der Waals surface area contributed by atoms with Gasteiger partial charge in [0.15, 0.2) is 0 Å². The van der Waals surface area contributed by atoms with E-state index >= 15 is 0 Å². The Hall–Kier alpha value is -1.35. The summed E-state index contributed by atoms with van der Waals surface area (Å²) in [5, 5.41) is 0. The molecule has 1 fully saturated rings. The van der Waals surface area contributed by atoms with E-state index in [2.05, 4.69) is 45.2 Å². The lowest BCUT2D eigenvalue weighted by molar-refractivity contribution is 0.411. The molecular weight excluding hydrogens is 314 g/mol. The highest BCUT2D eigenvalue weighted by molar-refractivity contribution is 9.10. The average Bonchev–Trinajstić information content (AvgIpc) is 3.22. The van der Waals surface area contributed by atoms with E-state index in [1.807, 2.05) is 12.4 Å². The fourth-order valence-corrected chi connectivity index (χ4v) is 4.37. The largest absolute Gasteiger partial charge is 0.496 e. The van der Waals surface area contributed by atoms with Crippen molar-refractivity contribution in [2.24, 2.45) is 5.92 Å². The maximum atomic E-state index is 5.46. The molecule has 0 aliphatic heterocycles.